The average molecular weight is 236 g/mol. The normalized spacial score (nSPS) is 17.7. The van der Waals surface area contributed by atoms with E-state index in [0.717, 1.165) is 6.42 Å². The molecule has 0 nitrogen and oxygen atoms in total. The molecule has 1 aliphatic carbocycles. The van der Waals surface area contributed by atoms with Crippen molar-refractivity contribution < 1.29 is 0 Å². The van der Waals surface area contributed by atoms with Gasteiger partial charge >= 0.3 is 0 Å². The zero-order valence-electron chi connectivity index (χ0n) is 11.0. The van der Waals surface area contributed by atoms with Crippen LogP contribution in [0.15, 0.2) is 48.5 Å². The van der Waals surface area contributed by atoms with Crippen LogP contribution in [-0.4, -0.2) is 0 Å². The van der Waals surface area contributed by atoms with E-state index in [4.69, 9.17) is 0 Å². The zero-order chi connectivity index (χ0) is 12.4. The van der Waals surface area contributed by atoms with E-state index in [1.807, 2.05) is 0 Å². The topological polar surface area (TPSA) is 0 Å². The van der Waals surface area contributed by atoms with Crippen molar-refractivity contribution in [3.05, 3.63) is 70.8 Å². The lowest BCUT2D eigenvalue weighted by Crippen LogP contribution is -2.03. The maximum absolute atomic E-state index is 2.33. The Balaban J connectivity index is 2.08. The quantitative estimate of drug-likeness (QED) is 0.708. The summed E-state index contributed by atoms with van der Waals surface area (Å²) in [7, 11) is 0. The van der Waals surface area contributed by atoms with Crippen LogP contribution in [0.2, 0.25) is 0 Å². The molecule has 0 aromatic heterocycles. The molecule has 18 heavy (non-hydrogen) atoms. The first-order valence-corrected chi connectivity index (χ1v) is 7.03. The molecule has 1 unspecified atom stereocenters. The molecular weight excluding hydrogens is 216 g/mol. The fourth-order valence-corrected chi connectivity index (χ4v) is 3.21. The first-order valence-electron chi connectivity index (χ1n) is 7.03. The van der Waals surface area contributed by atoms with Crippen LogP contribution in [-0.2, 0) is 12.8 Å². The van der Waals surface area contributed by atoms with Gasteiger partial charge < -0.3 is 0 Å². The molecule has 0 radical (unpaired) electrons. The maximum Gasteiger partial charge on any atom is -0.00202 e. The first-order chi connectivity index (χ1) is 8.88. The summed E-state index contributed by atoms with van der Waals surface area (Å²) in [6.07, 6.45) is 4.88. The fourth-order valence-electron chi connectivity index (χ4n) is 3.21. The molecule has 92 valence electrons. The minimum atomic E-state index is 0.704. The van der Waals surface area contributed by atoms with Gasteiger partial charge in [-0.25, -0.2) is 0 Å². The van der Waals surface area contributed by atoms with E-state index in [0.29, 0.717) is 5.92 Å². The molecule has 0 fully saturated rings. The van der Waals surface area contributed by atoms with Crippen LogP contribution < -0.4 is 0 Å². The summed E-state index contributed by atoms with van der Waals surface area (Å²) in [5.74, 6) is 0.704. The van der Waals surface area contributed by atoms with Gasteiger partial charge in [0.1, 0.15) is 0 Å². The molecule has 0 aliphatic heterocycles. The van der Waals surface area contributed by atoms with Crippen LogP contribution in [0.4, 0.5) is 0 Å². The Hall–Kier alpha value is -1.56. The third kappa shape index (κ3) is 2.08. The van der Waals surface area contributed by atoms with E-state index in [1.54, 1.807) is 11.1 Å². The molecule has 2 aromatic rings. The van der Waals surface area contributed by atoms with Gasteiger partial charge in [0.25, 0.3) is 0 Å². The van der Waals surface area contributed by atoms with E-state index in [9.17, 15) is 0 Å². The highest BCUT2D eigenvalue weighted by atomic mass is 14.2. The molecular formula is C18H20. The number of fused-ring (bicyclic) bond motifs is 2. The largest absolute Gasteiger partial charge is 0.0654 e. The lowest BCUT2D eigenvalue weighted by Gasteiger charge is -2.17. The van der Waals surface area contributed by atoms with Gasteiger partial charge in [0.2, 0.25) is 0 Å². The lowest BCUT2D eigenvalue weighted by molar-refractivity contribution is 0.611. The molecule has 1 aliphatic rings. The summed E-state index contributed by atoms with van der Waals surface area (Å²) in [5, 5.41) is 0. The third-order valence-electron chi connectivity index (χ3n) is 4.10. The molecule has 2 aromatic carbocycles. The van der Waals surface area contributed by atoms with Gasteiger partial charge in [-0.3, -0.25) is 0 Å². The molecule has 1 atom stereocenters. The predicted octanol–water partition coefficient (Wildman–Crippen LogP) is 4.72. The SMILES string of the molecule is CCCC1Cc2ccccc2Cc2ccccc21. The highest BCUT2D eigenvalue weighted by Crippen LogP contribution is 2.34. The van der Waals surface area contributed by atoms with Crippen LogP contribution in [0.3, 0.4) is 0 Å². The van der Waals surface area contributed by atoms with Crippen molar-refractivity contribution in [3.63, 3.8) is 0 Å². The van der Waals surface area contributed by atoms with Gasteiger partial charge in [-0.1, -0.05) is 61.9 Å². The van der Waals surface area contributed by atoms with Crippen molar-refractivity contribution in [2.45, 2.75) is 38.5 Å². The number of hydrogen-bond donors (Lipinski definition) is 0. The van der Waals surface area contributed by atoms with Crippen LogP contribution in [0.25, 0.3) is 0 Å². The molecule has 0 N–H and O–H groups in total. The summed E-state index contributed by atoms with van der Waals surface area (Å²) in [4.78, 5) is 0. The number of hydrogen-bond acceptors (Lipinski definition) is 0. The molecule has 3 rings (SSSR count). The van der Waals surface area contributed by atoms with E-state index < -0.39 is 0 Å². The second kappa shape index (κ2) is 4.97. The highest BCUT2D eigenvalue weighted by molar-refractivity contribution is 5.42. The first kappa shape index (κ1) is 11.5. The minimum Gasteiger partial charge on any atom is -0.0654 e. The third-order valence-corrected chi connectivity index (χ3v) is 4.10. The smallest absolute Gasteiger partial charge is 0.00202 e. The van der Waals surface area contributed by atoms with Gasteiger partial charge in [0.15, 0.2) is 0 Å². The van der Waals surface area contributed by atoms with Crippen molar-refractivity contribution in [1.82, 2.24) is 0 Å². The Morgan fingerprint density at radius 3 is 2.33 bits per heavy atom. The van der Waals surface area contributed by atoms with Crippen molar-refractivity contribution in [2.24, 2.45) is 0 Å². The van der Waals surface area contributed by atoms with Crippen LogP contribution >= 0.6 is 0 Å². The summed E-state index contributed by atoms with van der Waals surface area (Å²) in [6, 6.07) is 18.0. The number of benzene rings is 2. The minimum absolute atomic E-state index is 0.704. The molecule has 0 saturated heterocycles. The molecule has 0 heterocycles. The second-order valence-electron chi connectivity index (χ2n) is 5.33. The summed E-state index contributed by atoms with van der Waals surface area (Å²) >= 11 is 0. The molecule has 0 saturated carbocycles. The van der Waals surface area contributed by atoms with E-state index in [-0.39, 0.29) is 0 Å². The summed E-state index contributed by atoms with van der Waals surface area (Å²) < 4.78 is 0. The van der Waals surface area contributed by atoms with Gasteiger partial charge in [-0.2, -0.15) is 0 Å². The van der Waals surface area contributed by atoms with Gasteiger partial charge in [0.05, 0.1) is 0 Å². The van der Waals surface area contributed by atoms with E-state index in [2.05, 4.69) is 55.5 Å². The molecule has 0 spiro atoms. The Bertz CT molecular complexity index is 539. The maximum atomic E-state index is 2.33. The summed E-state index contributed by atoms with van der Waals surface area (Å²) in [5.41, 5.74) is 6.17. The van der Waals surface area contributed by atoms with E-state index in [1.165, 1.54) is 30.4 Å². The Kier molecular flexibility index (Phi) is 3.19. The molecule has 0 bridgehead atoms. The van der Waals surface area contributed by atoms with Crippen molar-refractivity contribution in [1.29, 1.82) is 0 Å². The van der Waals surface area contributed by atoms with Gasteiger partial charge in [-0.05, 0) is 47.4 Å². The fraction of sp³-hybridized carbons (Fsp3) is 0.333. The molecule has 0 heteroatoms. The van der Waals surface area contributed by atoms with Crippen LogP contribution in [0, 0.1) is 0 Å². The zero-order valence-corrected chi connectivity index (χ0v) is 11.0. The van der Waals surface area contributed by atoms with Crippen LogP contribution in [0.5, 0.6) is 0 Å². The predicted molar refractivity (Wildman–Crippen MR) is 77.0 cm³/mol. The second-order valence-corrected chi connectivity index (χ2v) is 5.33. The highest BCUT2D eigenvalue weighted by Gasteiger charge is 2.20. The summed E-state index contributed by atoms with van der Waals surface area (Å²) in [6.45, 7) is 2.29. The Morgan fingerprint density at radius 1 is 0.889 bits per heavy atom. The van der Waals surface area contributed by atoms with Gasteiger partial charge in [-0.15, -0.1) is 0 Å². The Labute approximate surface area is 110 Å². The van der Waals surface area contributed by atoms with Crippen LogP contribution in [0.1, 0.15) is 47.9 Å². The Morgan fingerprint density at radius 2 is 1.56 bits per heavy atom. The van der Waals surface area contributed by atoms with E-state index >= 15 is 0 Å². The number of rotatable bonds is 2. The van der Waals surface area contributed by atoms with Gasteiger partial charge in [0, 0.05) is 0 Å². The average Bonchev–Trinajstić information content (AvgIpc) is 2.56. The van der Waals surface area contributed by atoms with Crippen molar-refractivity contribution in [2.75, 3.05) is 0 Å². The van der Waals surface area contributed by atoms with Crippen molar-refractivity contribution >= 4 is 0 Å². The molecule has 0 amide bonds. The monoisotopic (exact) mass is 236 g/mol. The standard InChI is InChI=1S/C18H20/c1-2-7-16-12-14-8-3-4-9-15(14)13-17-10-5-6-11-18(16)17/h3-6,8-11,16H,2,7,12-13H2,1H3. The van der Waals surface area contributed by atoms with Crippen molar-refractivity contribution in [3.8, 4) is 0 Å². The lowest BCUT2D eigenvalue weighted by atomic mass is 9.88.